The number of hydrogen-bond acceptors (Lipinski definition) is 6. The molecule has 0 heterocycles. The summed E-state index contributed by atoms with van der Waals surface area (Å²) < 4.78 is 16.7. The van der Waals surface area contributed by atoms with Crippen LogP contribution in [-0.4, -0.2) is 37.2 Å². The number of esters is 3. The maximum atomic E-state index is 12.7. The van der Waals surface area contributed by atoms with E-state index in [2.05, 4.69) is 106 Å². The number of hydrogen-bond donors (Lipinski definition) is 0. The third kappa shape index (κ3) is 49.5. The molecular formula is C57H96O6. The van der Waals surface area contributed by atoms with Crippen LogP contribution in [0.25, 0.3) is 0 Å². The second-order valence-corrected chi connectivity index (χ2v) is 17.1. The molecule has 0 aliphatic rings. The lowest BCUT2D eigenvalue weighted by Crippen LogP contribution is -2.30. The molecule has 0 aromatic heterocycles. The molecule has 0 radical (unpaired) electrons. The second-order valence-electron chi connectivity index (χ2n) is 17.1. The lowest BCUT2D eigenvalue weighted by Gasteiger charge is -2.18. The molecule has 0 saturated heterocycles. The normalized spacial score (nSPS) is 12.7. The Balaban J connectivity index is 4.19. The van der Waals surface area contributed by atoms with Gasteiger partial charge in [0.2, 0.25) is 0 Å². The SMILES string of the molecule is CC/C=C\C/C=C\C/C=C\C/C=C\C/C=C\C/C=C\C/C=C\CCCCCCCC(=O)OCC(COC(=O)CCCCCCCC)OC(=O)CCCCCCCCCCCCCC. The molecule has 0 aromatic carbocycles. The number of ether oxygens (including phenoxy) is 3. The zero-order valence-electron chi connectivity index (χ0n) is 41.1. The maximum Gasteiger partial charge on any atom is 0.306 e. The van der Waals surface area contributed by atoms with Gasteiger partial charge in [-0.05, 0) is 77.0 Å². The van der Waals surface area contributed by atoms with Crippen LogP contribution >= 0.6 is 0 Å². The maximum absolute atomic E-state index is 12.7. The van der Waals surface area contributed by atoms with E-state index in [0.717, 1.165) is 122 Å². The van der Waals surface area contributed by atoms with Crippen LogP contribution in [0.15, 0.2) is 85.1 Å². The van der Waals surface area contributed by atoms with E-state index in [9.17, 15) is 14.4 Å². The molecule has 0 aromatic rings. The van der Waals surface area contributed by atoms with Gasteiger partial charge in [-0.1, -0.05) is 228 Å². The number of carbonyl (C=O) groups excluding carboxylic acids is 3. The molecule has 0 amide bonds. The molecule has 0 fully saturated rings. The fraction of sp³-hybridized carbons (Fsp3) is 0.702. The van der Waals surface area contributed by atoms with Gasteiger partial charge in [0.15, 0.2) is 6.10 Å². The average Bonchev–Trinajstić information content (AvgIpc) is 3.28. The summed E-state index contributed by atoms with van der Waals surface area (Å²) in [6.45, 7) is 6.44. The summed E-state index contributed by atoms with van der Waals surface area (Å²) in [4.78, 5) is 37.7. The molecule has 0 aliphatic heterocycles. The monoisotopic (exact) mass is 877 g/mol. The van der Waals surface area contributed by atoms with Crippen molar-refractivity contribution in [3.63, 3.8) is 0 Å². The summed E-state index contributed by atoms with van der Waals surface area (Å²) in [5, 5.41) is 0. The topological polar surface area (TPSA) is 78.9 Å². The van der Waals surface area contributed by atoms with Crippen LogP contribution in [0.5, 0.6) is 0 Å². The average molecular weight is 877 g/mol. The molecule has 6 heteroatoms. The Morgan fingerprint density at radius 1 is 0.333 bits per heavy atom. The van der Waals surface area contributed by atoms with E-state index in [0.29, 0.717) is 19.3 Å². The summed E-state index contributed by atoms with van der Waals surface area (Å²) in [5.41, 5.74) is 0. The van der Waals surface area contributed by atoms with Gasteiger partial charge >= 0.3 is 17.9 Å². The van der Waals surface area contributed by atoms with Crippen molar-refractivity contribution in [2.75, 3.05) is 13.2 Å². The zero-order valence-corrected chi connectivity index (χ0v) is 41.1. The quantitative estimate of drug-likeness (QED) is 0.0262. The van der Waals surface area contributed by atoms with Gasteiger partial charge in [0.1, 0.15) is 13.2 Å². The van der Waals surface area contributed by atoms with Crippen molar-refractivity contribution < 1.29 is 28.6 Å². The largest absolute Gasteiger partial charge is 0.462 e. The summed E-state index contributed by atoms with van der Waals surface area (Å²) >= 11 is 0. The lowest BCUT2D eigenvalue weighted by molar-refractivity contribution is -0.167. The highest BCUT2D eigenvalue weighted by atomic mass is 16.6. The Labute approximate surface area is 388 Å². The van der Waals surface area contributed by atoms with Crippen molar-refractivity contribution in [2.24, 2.45) is 0 Å². The molecule has 0 aliphatic carbocycles. The predicted octanol–water partition coefficient (Wildman–Crippen LogP) is 17.2. The van der Waals surface area contributed by atoms with Gasteiger partial charge < -0.3 is 14.2 Å². The first-order valence-electron chi connectivity index (χ1n) is 26.1. The van der Waals surface area contributed by atoms with Crippen molar-refractivity contribution in [2.45, 2.75) is 245 Å². The minimum Gasteiger partial charge on any atom is -0.462 e. The van der Waals surface area contributed by atoms with E-state index in [1.165, 1.54) is 77.0 Å². The first-order valence-corrected chi connectivity index (χ1v) is 26.1. The van der Waals surface area contributed by atoms with E-state index in [1.807, 2.05) is 0 Å². The Bertz CT molecular complexity index is 1240. The number of carbonyl (C=O) groups is 3. The van der Waals surface area contributed by atoms with Crippen molar-refractivity contribution in [3.05, 3.63) is 85.1 Å². The molecule has 0 bridgehead atoms. The molecule has 63 heavy (non-hydrogen) atoms. The standard InChI is InChI=1S/C57H96O6/c1-4-7-10-13-16-18-20-22-23-24-25-26-27-28-29-30-31-32-33-34-35-36-38-39-41-44-47-50-56(59)62-53-54(52-61-55(58)49-46-43-15-12-9-6-3)63-57(60)51-48-45-42-40-37-21-19-17-14-11-8-5-2/h7,10,16,18,22-23,25-26,28-29,31-32,34-35,54H,4-6,8-9,11-15,17,19-21,24,27,30,33,36-53H2,1-3H3/b10-7-,18-16-,23-22-,26-25-,29-28-,32-31-,35-34-. The third-order valence-electron chi connectivity index (χ3n) is 10.9. The molecular weight excluding hydrogens is 781 g/mol. The highest BCUT2D eigenvalue weighted by molar-refractivity contribution is 5.71. The Morgan fingerprint density at radius 3 is 0.968 bits per heavy atom. The van der Waals surface area contributed by atoms with E-state index >= 15 is 0 Å². The van der Waals surface area contributed by atoms with Crippen LogP contribution < -0.4 is 0 Å². The first kappa shape index (κ1) is 59.6. The number of rotatable bonds is 46. The third-order valence-corrected chi connectivity index (χ3v) is 10.9. The summed E-state index contributed by atoms with van der Waals surface area (Å²) in [6.07, 6.45) is 66.0. The van der Waals surface area contributed by atoms with Crippen LogP contribution in [0.2, 0.25) is 0 Å². The molecule has 0 rings (SSSR count). The van der Waals surface area contributed by atoms with Crippen LogP contribution in [0.4, 0.5) is 0 Å². The van der Waals surface area contributed by atoms with E-state index in [1.54, 1.807) is 0 Å². The molecule has 360 valence electrons. The molecule has 1 unspecified atom stereocenters. The molecule has 6 nitrogen and oxygen atoms in total. The Morgan fingerprint density at radius 2 is 0.619 bits per heavy atom. The van der Waals surface area contributed by atoms with E-state index in [4.69, 9.17) is 14.2 Å². The fourth-order valence-electron chi connectivity index (χ4n) is 7.01. The van der Waals surface area contributed by atoms with Gasteiger partial charge in [0.25, 0.3) is 0 Å². The minimum absolute atomic E-state index is 0.0814. The van der Waals surface area contributed by atoms with Gasteiger partial charge in [-0.15, -0.1) is 0 Å². The molecule has 0 N–H and O–H groups in total. The Kier molecular flexibility index (Phi) is 48.5. The van der Waals surface area contributed by atoms with E-state index in [-0.39, 0.29) is 31.1 Å². The van der Waals surface area contributed by atoms with Crippen molar-refractivity contribution >= 4 is 17.9 Å². The number of unbranched alkanes of at least 4 members (excludes halogenated alkanes) is 21. The van der Waals surface area contributed by atoms with Crippen molar-refractivity contribution in [1.82, 2.24) is 0 Å². The molecule has 0 saturated carbocycles. The van der Waals surface area contributed by atoms with Crippen LogP contribution in [-0.2, 0) is 28.6 Å². The highest BCUT2D eigenvalue weighted by Crippen LogP contribution is 2.14. The van der Waals surface area contributed by atoms with Crippen molar-refractivity contribution in [3.8, 4) is 0 Å². The summed E-state index contributed by atoms with van der Waals surface area (Å²) in [5.74, 6) is -0.911. The van der Waals surface area contributed by atoms with Crippen LogP contribution in [0, 0.1) is 0 Å². The summed E-state index contributed by atoms with van der Waals surface area (Å²) in [6, 6.07) is 0. The minimum atomic E-state index is -0.778. The molecule has 1 atom stereocenters. The molecule has 0 spiro atoms. The van der Waals surface area contributed by atoms with Crippen LogP contribution in [0.3, 0.4) is 0 Å². The van der Waals surface area contributed by atoms with Gasteiger partial charge in [-0.3, -0.25) is 14.4 Å². The van der Waals surface area contributed by atoms with Gasteiger partial charge in [-0.2, -0.15) is 0 Å². The fourth-order valence-corrected chi connectivity index (χ4v) is 7.01. The second kappa shape index (κ2) is 51.2. The van der Waals surface area contributed by atoms with Gasteiger partial charge in [0.05, 0.1) is 0 Å². The van der Waals surface area contributed by atoms with Crippen molar-refractivity contribution in [1.29, 1.82) is 0 Å². The van der Waals surface area contributed by atoms with Gasteiger partial charge in [0, 0.05) is 19.3 Å². The Hall–Kier alpha value is -3.41. The zero-order chi connectivity index (χ0) is 45.8. The van der Waals surface area contributed by atoms with Gasteiger partial charge in [-0.25, -0.2) is 0 Å². The predicted molar refractivity (Wildman–Crippen MR) is 270 cm³/mol. The smallest absolute Gasteiger partial charge is 0.306 e. The first-order chi connectivity index (χ1) is 31.0. The summed E-state index contributed by atoms with van der Waals surface area (Å²) in [7, 11) is 0. The number of allylic oxidation sites excluding steroid dienone is 14. The lowest BCUT2D eigenvalue weighted by atomic mass is 10.0. The highest BCUT2D eigenvalue weighted by Gasteiger charge is 2.19. The van der Waals surface area contributed by atoms with E-state index < -0.39 is 6.10 Å². The van der Waals surface area contributed by atoms with Crippen LogP contribution in [0.1, 0.15) is 239 Å².